The van der Waals surface area contributed by atoms with Crippen LogP contribution in [0, 0.1) is 0 Å². The first-order valence-corrected chi connectivity index (χ1v) is 6.91. The molecular formula is C16H20N4O. The van der Waals surface area contributed by atoms with E-state index in [4.69, 9.17) is 0 Å². The van der Waals surface area contributed by atoms with Gasteiger partial charge in [-0.05, 0) is 25.5 Å². The van der Waals surface area contributed by atoms with Gasteiger partial charge in [0, 0.05) is 37.8 Å². The number of rotatable bonds is 5. The van der Waals surface area contributed by atoms with Gasteiger partial charge in [-0.2, -0.15) is 5.10 Å². The highest BCUT2D eigenvalue weighted by Gasteiger charge is 2.03. The number of H-pyrrole nitrogens is 1. The Kier molecular flexibility index (Phi) is 4.77. The highest BCUT2D eigenvalue weighted by molar-refractivity contribution is 5.44. The van der Waals surface area contributed by atoms with Gasteiger partial charge in [-0.3, -0.25) is 4.79 Å². The van der Waals surface area contributed by atoms with E-state index >= 15 is 0 Å². The second-order valence-corrected chi connectivity index (χ2v) is 4.86. The van der Waals surface area contributed by atoms with E-state index in [0.717, 1.165) is 6.42 Å². The van der Waals surface area contributed by atoms with Gasteiger partial charge in [0.2, 0.25) is 0 Å². The average Bonchev–Trinajstić information content (AvgIpc) is 3.00. The minimum atomic E-state index is -0.0604. The van der Waals surface area contributed by atoms with Crippen LogP contribution in [0.25, 0.3) is 5.82 Å². The lowest BCUT2D eigenvalue weighted by Crippen LogP contribution is -2.15. The van der Waals surface area contributed by atoms with Crippen molar-refractivity contribution in [1.29, 1.82) is 0 Å². The lowest BCUT2D eigenvalue weighted by Gasteiger charge is -2.14. The predicted octanol–water partition coefficient (Wildman–Crippen LogP) is 2.87. The number of nitrogens with zero attached hydrogens (tertiary/aromatic N) is 3. The van der Waals surface area contributed by atoms with E-state index in [-0.39, 0.29) is 5.43 Å². The number of allylic oxidation sites excluding steroid dienone is 3. The molecule has 5 nitrogen and oxygen atoms in total. The monoisotopic (exact) mass is 284 g/mol. The van der Waals surface area contributed by atoms with Crippen molar-refractivity contribution in [2.24, 2.45) is 0 Å². The largest absolute Gasteiger partial charge is 0.338 e. The molecule has 2 rings (SSSR count). The van der Waals surface area contributed by atoms with E-state index in [9.17, 15) is 4.79 Å². The molecule has 5 heteroatoms. The van der Waals surface area contributed by atoms with Crippen LogP contribution < -0.4 is 10.3 Å². The molecule has 110 valence electrons. The molecule has 2 heterocycles. The van der Waals surface area contributed by atoms with E-state index in [1.165, 1.54) is 11.6 Å². The third-order valence-corrected chi connectivity index (χ3v) is 3.19. The molecule has 0 bridgehead atoms. The molecule has 0 amide bonds. The molecular weight excluding hydrogens is 264 g/mol. The maximum absolute atomic E-state index is 11.8. The predicted molar refractivity (Wildman–Crippen MR) is 85.8 cm³/mol. The van der Waals surface area contributed by atoms with Crippen LogP contribution in [0.1, 0.15) is 20.3 Å². The van der Waals surface area contributed by atoms with Gasteiger partial charge < -0.3 is 9.88 Å². The lowest BCUT2D eigenvalue weighted by molar-refractivity contribution is 0.842. The molecule has 1 N–H and O–H groups in total. The second kappa shape index (κ2) is 6.74. The van der Waals surface area contributed by atoms with Gasteiger partial charge in [0.1, 0.15) is 11.6 Å². The Bertz CT molecular complexity index is 695. The van der Waals surface area contributed by atoms with Gasteiger partial charge in [-0.15, -0.1) is 0 Å². The minimum absolute atomic E-state index is 0.0604. The second-order valence-electron chi connectivity index (χ2n) is 4.86. The fourth-order valence-corrected chi connectivity index (χ4v) is 1.77. The number of nitrogens with one attached hydrogen (secondary N) is 1. The van der Waals surface area contributed by atoms with Crippen molar-refractivity contribution >= 4 is 5.82 Å². The number of aromatic amines is 1. The summed E-state index contributed by atoms with van der Waals surface area (Å²) in [6, 6.07) is 4.90. The highest BCUT2D eigenvalue weighted by atomic mass is 16.1. The third kappa shape index (κ3) is 3.95. The minimum Gasteiger partial charge on any atom is -0.338 e. The summed E-state index contributed by atoms with van der Waals surface area (Å²) in [5.41, 5.74) is 1.24. The first kappa shape index (κ1) is 14.8. The van der Waals surface area contributed by atoms with E-state index in [2.05, 4.69) is 30.0 Å². The van der Waals surface area contributed by atoms with Gasteiger partial charge in [0.15, 0.2) is 5.43 Å². The molecule has 0 fully saturated rings. The number of hydrogen-bond donors (Lipinski definition) is 1. The Morgan fingerprint density at radius 2 is 2.29 bits per heavy atom. The van der Waals surface area contributed by atoms with Crippen molar-refractivity contribution < 1.29 is 0 Å². The Labute approximate surface area is 124 Å². The summed E-state index contributed by atoms with van der Waals surface area (Å²) in [7, 11) is 1.89. The first-order chi connectivity index (χ1) is 10.1. The summed E-state index contributed by atoms with van der Waals surface area (Å²) in [5.74, 6) is 1.36. The summed E-state index contributed by atoms with van der Waals surface area (Å²) in [4.78, 5) is 16.9. The molecule has 0 aromatic carbocycles. The summed E-state index contributed by atoms with van der Waals surface area (Å²) in [6.07, 6.45) is 10.4. The van der Waals surface area contributed by atoms with Gasteiger partial charge >= 0.3 is 0 Å². The average molecular weight is 284 g/mol. The van der Waals surface area contributed by atoms with E-state index in [1.807, 2.05) is 30.3 Å². The maximum Gasteiger partial charge on any atom is 0.185 e. The van der Waals surface area contributed by atoms with Crippen molar-refractivity contribution in [2.75, 3.05) is 11.9 Å². The van der Waals surface area contributed by atoms with Crippen LogP contribution >= 0.6 is 0 Å². The fraction of sp³-hybridized carbons (Fsp3) is 0.250. The molecule has 2 aromatic rings. The van der Waals surface area contributed by atoms with Crippen molar-refractivity contribution in [3.05, 3.63) is 64.7 Å². The smallest absolute Gasteiger partial charge is 0.185 e. The molecule has 0 aliphatic carbocycles. The van der Waals surface area contributed by atoms with E-state index < -0.39 is 0 Å². The molecule has 0 saturated carbocycles. The lowest BCUT2D eigenvalue weighted by atomic mass is 10.2. The number of anilines is 1. The topological polar surface area (TPSA) is 53.9 Å². The van der Waals surface area contributed by atoms with Gasteiger partial charge in [-0.1, -0.05) is 18.6 Å². The Balaban J connectivity index is 2.26. The summed E-state index contributed by atoms with van der Waals surface area (Å²) < 4.78 is 1.63. The van der Waals surface area contributed by atoms with E-state index in [1.54, 1.807) is 23.1 Å². The van der Waals surface area contributed by atoms with Crippen LogP contribution in [0.15, 0.2) is 59.3 Å². The Morgan fingerprint density at radius 3 is 2.95 bits per heavy atom. The van der Waals surface area contributed by atoms with Crippen LogP contribution in [0.4, 0.5) is 5.82 Å². The van der Waals surface area contributed by atoms with Crippen LogP contribution in [0.3, 0.4) is 0 Å². The molecule has 0 unspecified atom stereocenters. The highest BCUT2D eigenvalue weighted by Crippen LogP contribution is 2.10. The van der Waals surface area contributed by atoms with Crippen molar-refractivity contribution in [1.82, 2.24) is 14.8 Å². The molecule has 21 heavy (non-hydrogen) atoms. The fourth-order valence-electron chi connectivity index (χ4n) is 1.77. The summed E-state index contributed by atoms with van der Waals surface area (Å²) >= 11 is 0. The molecule has 0 radical (unpaired) electrons. The molecule has 2 aromatic heterocycles. The zero-order valence-corrected chi connectivity index (χ0v) is 12.6. The third-order valence-electron chi connectivity index (χ3n) is 3.19. The number of aromatic nitrogens is 3. The van der Waals surface area contributed by atoms with Crippen LogP contribution in [-0.4, -0.2) is 21.8 Å². The van der Waals surface area contributed by atoms with E-state index in [0.29, 0.717) is 11.6 Å². The SMILES string of the molecule is CCC(C)=C/C=C\N(C)c1cc(=O)cc(-n2cccn2)[nH]1. The normalized spacial score (nSPS) is 12.0. The van der Waals surface area contributed by atoms with Crippen LogP contribution in [0.5, 0.6) is 0 Å². The van der Waals surface area contributed by atoms with Gasteiger partial charge in [0.25, 0.3) is 0 Å². The maximum atomic E-state index is 11.8. The van der Waals surface area contributed by atoms with Crippen molar-refractivity contribution in [3.63, 3.8) is 0 Å². The summed E-state index contributed by atoms with van der Waals surface area (Å²) in [6.45, 7) is 4.21. The Morgan fingerprint density at radius 1 is 1.48 bits per heavy atom. The van der Waals surface area contributed by atoms with Crippen molar-refractivity contribution in [2.45, 2.75) is 20.3 Å². The molecule has 0 atom stereocenters. The molecule has 0 spiro atoms. The zero-order chi connectivity index (χ0) is 15.2. The van der Waals surface area contributed by atoms with Gasteiger partial charge in [0.05, 0.1) is 0 Å². The number of hydrogen-bond acceptors (Lipinski definition) is 3. The zero-order valence-electron chi connectivity index (χ0n) is 12.6. The van der Waals surface area contributed by atoms with Crippen LogP contribution in [0.2, 0.25) is 0 Å². The molecule has 0 saturated heterocycles. The van der Waals surface area contributed by atoms with Crippen molar-refractivity contribution in [3.8, 4) is 5.82 Å². The number of pyridine rings is 1. The Hall–Kier alpha value is -2.56. The standard InChI is InChI=1S/C16H20N4O/c1-4-13(2)7-5-9-19(3)15-11-14(21)12-16(18-15)20-10-6-8-17-20/h5-12H,4H2,1-3H3,(H,18,21)/b9-5-,13-7?. The quantitative estimate of drug-likeness (QED) is 0.859. The molecule has 0 aliphatic rings. The molecule has 0 aliphatic heterocycles. The van der Waals surface area contributed by atoms with Crippen LogP contribution in [-0.2, 0) is 0 Å². The van der Waals surface area contributed by atoms with Gasteiger partial charge in [-0.25, -0.2) is 4.68 Å². The summed E-state index contributed by atoms with van der Waals surface area (Å²) in [5, 5.41) is 4.12. The first-order valence-electron chi connectivity index (χ1n) is 6.91.